The molecule has 2 aromatic heterocycles. The largest absolute Gasteiger partial charge is 0.477 e. The first-order valence-electron chi connectivity index (χ1n) is 5.51. The predicted molar refractivity (Wildman–Crippen MR) is 59.4 cm³/mol. The SMILES string of the molecule is O=C(O)c1cc(=O)n2[nH]c(C3CCC3)cc2n1. The second kappa shape index (κ2) is 3.44. The van der Waals surface area contributed by atoms with Crippen LogP contribution >= 0.6 is 0 Å². The van der Waals surface area contributed by atoms with Gasteiger partial charge in [0.15, 0.2) is 11.3 Å². The van der Waals surface area contributed by atoms with Crippen LogP contribution in [0.3, 0.4) is 0 Å². The molecule has 2 aromatic rings. The van der Waals surface area contributed by atoms with Crippen LogP contribution in [0.5, 0.6) is 0 Å². The van der Waals surface area contributed by atoms with Crippen LogP contribution < -0.4 is 5.56 Å². The van der Waals surface area contributed by atoms with E-state index in [1.165, 1.54) is 10.9 Å². The first kappa shape index (κ1) is 10.1. The predicted octanol–water partition coefficient (Wildman–Crippen LogP) is 0.988. The van der Waals surface area contributed by atoms with Crippen molar-refractivity contribution in [2.24, 2.45) is 0 Å². The summed E-state index contributed by atoms with van der Waals surface area (Å²) >= 11 is 0. The zero-order chi connectivity index (χ0) is 12.0. The fourth-order valence-electron chi connectivity index (χ4n) is 2.05. The maximum Gasteiger partial charge on any atom is 0.354 e. The lowest BCUT2D eigenvalue weighted by Crippen LogP contribution is -2.18. The van der Waals surface area contributed by atoms with Gasteiger partial charge in [0, 0.05) is 23.7 Å². The van der Waals surface area contributed by atoms with Gasteiger partial charge in [-0.05, 0) is 12.8 Å². The Morgan fingerprint density at radius 3 is 2.82 bits per heavy atom. The Hall–Kier alpha value is -2.11. The number of aromatic nitrogens is 3. The number of nitrogens with one attached hydrogen (secondary N) is 1. The summed E-state index contributed by atoms with van der Waals surface area (Å²) in [5.41, 5.74) is 0.729. The Balaban J connectivity index is 2.17. The number of H-pyrrole nitrogens is 1. The van der Waals surface area contributed by atoms with Gasteiger partial charge in [0.05, 0.1) is 0 Å². The molecule has 1 fully saturated rings. The second-order valence-corrected chi connectivity index (χ2v) is 4.32. The summed E-state index contributed by atoms with van der Waals surface area (Å²) in [7, 11) is 0. The van der Waals surface area contributed by atoms with Crippen molar-refractivity contribution < 1.29 is 9.90 Å². The van der Waals surface area contributed by atoms with Crippen molar-refractivity contribution in [3.63, 3.8) is 0 Å². The third kappa shape index (κ3) is 1.52. The fourth-order valence-corrected chi connectivity index (χ4v) is 2.05. The fraction of sp³-hybridized carbons (Fsp3) is 0.364. The third-order valence-corrected chi connectivity index (χ3v) is 3.23. The number of carboxylic acids is 1. The lowest BCUT2D eigenvalue weighted by molar-refractivity contribution is 0.0690. The average Bonchev–Trinajstić information content (AvgIpc) is 2.58. The van der Waals surface area contributed by atoms with E-state index in [2.05, 4.69) is 10.1 Å². The highest BCUT2D eigenvalue weighted by molar-refractivity contribution is 5.85. The number of hydrogen-bond acceptors (Lipinski definition) is 3. The highest BCUT2D eigenvalue weighted by atomic mass is 16.4. The van der Waals surface area contributed by atoms with E-state index in [0.717, 1.165) is 24.6 Å². The second-order valence-electron chi connectivity index (χ2n) is 4.32. The van der Waals surface area contributed by atoms with Gasteiger partial charge in [-0.15, -0.1) is 0 Å². The minimum atomic E-state index is -1.18. The molecule has 1 saturated carbocycles. The lowest BCUT2D eigenvalue weighted by Gasteiger charge is -2.23. The van der Waals surface area contributed by atoms with Crippen LogP contribution in [0.25, 0.3) is 5.65 Å². The summed E-state index contributed by atoms with van der Waals surface area (Å²) in [6.45, 7) is 0. The van der Waals surface area contributed by atoms with Crippen LogP contribution in [-0.2, 0) is 0 Å². The van der Waals surface area contributed by atoms with Gasteiger partial charge in [-0.1, -0.05) is 6.42 Å². The van der Waals surface area contributed by atoms with Crippen LogP contribution in [0.2, 0.25) is 0 Å². The third-order valence-electron chi connectivity index (χ3n) is 3.23. The first-order valence-corrected chi connectivity index (χ1v) is 5.51. The van der Waals surface area contributed by atoms with E-state index in [1.807, 2.05) is 0 Å². The minimum absolute atomic E-state index is 0.214. The molecule has 0 aromatic carbocycles. The van der Waals surface area contributed by atoms with E-state index < -0.39 is 11.5 Å². The van der Waals surface area contributed by atoms with Gasteiger partial charge in [0.1, 0.15) is 0 Å². The zero-order valence-corrected chi connectivity index (χ0v) is 9.01. The molecule has 6 heteroatoms. The Morgan fingerprint density at radius 1 is 1.47 bits per heavy atom. The molecule has 0 spiro atoms. The van der Waals surface area contributed by atoms with E-state index in [1.54, 1.807) is 6.07 Å². The van der Waals surface area contributed by atoms with Crippen LogP contribution in [0.15, 0.2) is 16.9 Å². The highest BCUT2D eigenvalue weighted by Crippen LogP contribution is 2.35. The Bertz CT molecular complexity index is 652. The van der Waals surface area contributed by atoms with Gasteiger partial charge >= 0.3 is 5.97 Å². The average molecular weight is 233 g/mol. The lowest BCUT2D eigenvalue weighted by atomic mass is 9.83. The van der Waals surface area contributed by atoms with Gasteiger partial charge in [-0.25, -0.2) is 14.3 Å². The van der Waals surface area contributed by atoms with E-state index in [9.17, 15) is 9.59 Å². The number of aromatic carboxylic acids is 1. The quantitative estimate of drug-likeness (QED) is 0.809. The Labute approximate surface area is 95.9 Å². The van der Waals surface area contributed by atoms with E-state index >= 15 is 0 Å². The molecule has 0 saturated heterocycles. The summed E-state index contributed by atoms with van der Waals surface area (Å²) in [4.78, 5) is 26.4. The number of hydrogen-bond donors (Lipinski definition) is 2. The smallest absolute Gasteiger partial charge is 0.354 e. The topological polar surface area (TPSA) is 87.5 Å². The van der Waals surface area contributed by atoms with Crippen molar-refractivity contribution in [2.45, 2.75) is 25.2 Å². The van der Waals surface area contributed by atoms with Crippen molar-refractivity contribution in [3.8, 4) is 0 Å². The van der Waals surface area contributed by atoms with Crippen molar-refractivity contribution in [3.05, 3.63) is 33.9 Å². The van der Waals surface area contributed by atoms with Gasteiger partial charge in [-0.3, -0.25) is 9.89 Å². The highest BCUT2D eigenvalue weighted by Gasteiger charge is 2.22. The molecule has 0 bridgehead atoms. The van der Waals surface area contributed by atoms with E-state index in [4.69, 9.17) is 5.11 Å². The molecule has 6 nitrogen and oxygen atoms in total. The van der Waals surface area contributed by atoms with Gasteiger partial charge in [0.2, 0.25) is 0 Å². The molecule has 3 rings (SSSR count). The molecule has 17 heavy (non-hydrogen) atoms. The standard InChI is InChI=1S/C11H11N3O3/c15-10-5-8(11(16)17)12-9-4-7(13-14(9)10)6-2-1-3-6/h4-6,13H,1-3H2,(H,16,17). The van der Waals surface area contributed by atoms with Crippen LogP contribution in [-0.4, -0.2) is 25.7 Å². The van der Waals surface area contributed by atoms with Crippen LogP contribution in [0.4, 0.5) is 0 Å². The molecule has 0 unspecified atom stereocenters. The van der Waals surface area contributed by atoms with Gasteiger partial charge in [-0.2, -0.15) is 0 Å². The number of fused-ring (bicyclic) bond motifs is 1. The number of carbonyl (C=O) groups is 1. The summed E-state index contributed by atoms with van der Waals surface area (Å²) in [5.74, 6) is -0.736. The maximum atomic E-state index is 11.7. The van der Waals surface area contributed by atoms with Gasteiger partial charge < -0.3 is 5.11 Å². The molecule has 2 heterocycles. The maximum absolute atomic E-state index is 11.7. The van der Waals surface area contributed by atoms with Crippen molar-refractivity contribution >= 4 is 11.6 Å². The summed E-state index contributed by atoms with van der Waals surface area (Å²) in [5, 5.41) is 11.8. The molecular formula is C11H11N3O3. The number of aromatic amines is 1. The number of nitrogens with zero attached hydrogens (tertiary/aromatic N) is 2. The van der Waals surface area contributed by atoms with Gasteiger partial charge in [0.25, 0.3) is 5.56 Å². The van der Waals surface area contributed by atoms with E-state index in [-0.39, 0.29) is 5.69 Å². The zero-order valence-electron chi connectivity index (χ0n) is 9.01. The molecule has 0 atom stereocenters. The molecule has 0 amide bonds. The summed E-state index contributed by atoms with van der Waals surface area (Å²) in [6, 6.07) is 2.79. The number of carboxylic acid groups (broad SMARTS) is 1. The number of rotatable bonds is 2. The molecule has 2 N–H and O–H groups in total. The molecule has 0 radical (unpaired) electrons. The summed E-state index contributed by atoms with van der Waals surface area (Å²) < 4.78 is 1.29. The molecule has 0 aliphatic heterocycles. The normalized spacial score (nSPS) is 16.0. The molecule has 1 aliphatic carbocycles. The monoisotopic (exact) mass is 233 g/mol. The molecular weight excluding hydrogens is 222 g/mol. The van der Waals surface area contributed by atoms with Crippen LogP contribution in [0.1, 0.15) is 41.4 Å². The van der Waals surface area contributed by atoms with Crippen LogP contribution in [0, 0.1) is 0 Å². The Kier molecular flexibility index (Phi) is 2.04. The van der Waals surface area contributed by atoms with E-state index in [0.29, 0.717) is 11.6 Å². The van der Waals surface area contributed by atoms with Crippen molar-refractivity contribution in [1.29, 1.82) is 0 Å². The minimum Gasteiger partial charge on any atom is -0.477 e. The molecule has 1 aliphatic rings. The van der Waals surface area contributed by atoms with Crippen molar-refractivity contribution in [2.75, 3.05) is 0 Å². The Morgan fingerprint density at radius 2 is 2.24 bits per heavy atom. The summed E-state index contributed by atoms with van der Waals surface area (Å²) in [6.07, 6.45) is 3.41. The van der Waals surface area contributed by atoms with Crippen molar-refractivity contribution in [1.82, 2.24) is 14.6 Å². The first-order chi connectivity index (χ1) is 8.15. The molecule has 88 valence electrons.